The van der Waals surface area contributed by atoms with E-state index in [1.165, 1.54) is 12.1 Å². The summed E-state index contributed by atoms with van der Waals surface area (Å²) >= 11 is 0. The molecule has 1 heterocycles. The number of halogens is 4. The first-order chi connectivity index (χ1) is 25.4. The van der Waals surface area contributed by atoms with Gasteiger partial charge < -0.3 is 25.4 Å². The number of carbonyl (C=O) groups is 6. The molecule has 3 aromatic carbocycles. The average molecular weight is 756 g/mol. The summed E-state index contributed by atoms with van der Waals surface area (Å²) in [6.07, 6.45) is -5.49. The number of ether oxygens (including phenoxy) is 1. The van der Waals surface area contributed by atoms with Gasteiger partial charge in [-0.25, -0.2) is 22.4 Å². The summed E-state index contributed by atoms with van der Waals surface area (Å²) in [7, 11) is 0. The SMILES string of the molecule is CC(C)(C)OC(=O)c1cc(F)c(CCNC(=O)[C@H](CC(F)F)NC(=O)C2C[C@@H](c3ccccc3)CN2C(=O)C(=O)Cc2ccccc2CC(=O)O)c(F)c1. The second kappa shape index (κ2) is 18.0. The fourth-order valence-corrected chi connectivity index (χ4v) is 6.16. The van der Waals surface area contributed by atoms with Crippen LogP contribution in [0.1, 0.15) is 72.1 Å². The molecule has 1 unspecified atom stereocenters. The lowest BCUT2D eigenvalue weighted by molar-refractivity contribution is -0.147. The zero-order chi connectivity index (χ0) is 39.7. The number of hydrogen-bond donors (Lipinski definition) is 3. The molecule has 0 aromatic heterocycles. The molecular weight excluding hydrogens is 714 g/mol. The fraction of sp³-hybridized carbons (Fsp3) is 0.385. The zero-order valence-electron chi connectivity index (χ0n) is 29.9. The highest BCUT2D eigenvalue weighted by Crippen LogP contribution is 2.32. The van der Waals surface area contributed by atoms with E-state index >= 15 is 0 Å². The molecule has 3 N–H and O–H groups in total. The number of alkyl halides is 2. The number of likely N-dealkylation sites (tertiary alicyclic amines) is 1. The van der Waals surface area contributed by atoms with E-state index < -0.39 is 108 Å². The number of aliphatic carboxylic acids is 1. The van der Waals surface area contributed by atoms with Crippen LogP contribution in [0.25, 0.3) is 0 Å². The average Bonchev–Trinajstić information content (AvgIpc) is 3.54. The van der Waals surface area contributed by atoms with Crippen molar-refractivity contribution in [1.29, 1.82) is 0 Å². The van der Waals surface area contributed by atoms with Crippen LogP contribution in [0, 0.1) is 11.6 Å². The fourth-order valence-electron chi connectivity index (χ4n) is 6.16. The van der Waals surface area contributed by atoms with E-state index in [2.05, 4.69) is 10.6 Å². The van der Waals surface area contributed by atoms with Gasteiger partial charge >= 0.3 is 11.9 Å². The molecule has 0 spiro atoms. The zero-order valence-corrected chi connectivity index (χ0v) is 29.9. The number of nitrogens with one attached hydrogen (secondary N) is 2. The molecular formula is C39H41F4N3O8. The molecule has 1 aliphatic heterocycles. The minimum atomic E-state index is -3.07. The maximum Gasteiger partial charge on any atom is 0.338 e. The van der Waals surface area contributed by atoms with Crippen LogP contribution in [0.15, 0.2) is 66.7 Å². The second-order valence-corrected chi connectivity index (χ2v) is 13.9. The quantitative estimate of drug-likeness (QED) is 0.116. The summed E-state index contributed by atoms with van der Waals surface area (Å²) in [4.78, 5) is 78.3. The highest BCUT2D eigenvalue weighted by atomic mass is 19.3. The van der Waals surface area contributed by atoms with Crippen molar-refractivity contribution in [3.63, 3.8) is 0 Å². The Balaban J connectivity index is 1.48. The first kappa shape index (κ1) is 41.2. The third-order valence-corrected chi connectivity index (χ3v) is 8.68. The van der Waals surface area contributed by atoms with Gasteiger partial charge in [0.1, 0.15) is 29.3 Å². The Morgan fingerprint density at radius 2 is 1.50 bits per heavy atom. The minimum Gasteiger partial charge on any atom is -0.481 e. The number of rotatable bonds is 15. The number of carboxylic acids is 1. The van der Waals surface area contributed by atoms with Crippen LogP contribution < -0.4 is 10.6 Å². The van der Waals surface area contributed by atoms with Crippen LogP contribution in [0.2, 0.25) is 0 Å². The van der Waals surface area contributed by atoms with E-state index in [-0.39, 0.29) is 24.9 Å². The summed E-state index contributed by atoms with van der Waals surface area (Å²) in [6.45, 7) is 4.23. The Labute approximate surface area is 309 Å². The minimum absolute atomic E-state index is 0.00860. The van der Waals surface area contributed by atoms with Crippen LogP contribution in [0.4, 0.5) is 17.6 Å². The van der Waals surface area contributed by atoms with Crippen LogP contribution in [0.5, 0.6) is 0 Å². The molecule has 54 heavy (non-hydrogen) atoms. The molecule has 1 aliphatic rings. The Morgan fingerprint density at radius 1 is 0.907 bits per heavy atom. The maximum absolute atomic E-state index is 14.8. The molecule has 4 rings (SSSR count). The van der Waals surface area contributed by atoms with E-state index in [0.29, 0.717) is 11.1 Å². The molecule has 3 aromatic rings. The van der Waals surface area contributed by atoms with Crippen LogP contribution in [-0.4, -0.2) is 82.6 Å². The van der Waals surface area contributed by atoms with E-state index in [9.17, 15) is 51.4 Å². The molecule has 0 saturated carbocycles. The lowest BCUT2D eigenvalue weighted by Crippen LogP contribution is -2.54. The molecule has 15 heteroatoms. The van der Waals surface area contributed by atoms with Crippen molar-refractivity contribution < 1.29 is 56.2 Å². The summed E-state index contributed by atoms with van der Waals surface area (Å²) in [5.74, 6) is -8.76. The highest BCUT2D eigenvalue weighted by Gasteiger charge is 2.43. The van der Waals surface area contributed by atoms with Crippen molar-refractivity contribution >= 4 is 35.4 Å². The van der Waals surface area contributed by atoms with E-state index in [1.807, 2.05) is 0 Å². The topological polar surface area (TPSA) is 159 Å². The van der Waals surface area contributed by atoms with Crippen LogP contribution >= 0.6 is 0 Å². The monoisotopic (exact) mass is 755 g/mol. The number of nitrogens with zero attached hydrogens (tertiary/aromatic N) is 1. The molecule has 1 saturated heterocycles. The number of amides is 3. The number of hydrogen-bond acceptors (Lipinski definition) is 7. The Hall–Kier alpha value is -5.60. The molecule has 0 bridgehead atoms. The summed E-state index contributed by atoms with van der Waals surface area (Å²) in [6, 6.07) is 13.4. The van der Waals surface area contributed by atoms with Crippen LogP contribution in [0.3, 0.4) is 0 Å². The number of esters is 1. The van der Waals surface area contributed by atoms with Gasteiger partial charge in [-0.2, -0.15) is 0 Å². The molecule has 3 atom stereocenters. The van der Waals surface area contributed by atoms with Gasteiger partial charge in [0.2, 0.25) is 24.0 Å². The van der Waals surface area contributed by atoms with Gasteiger partial charge in [-0.15, -0.1) is 0 Å². The van der Waals surface area contributed by atoms with Crippen molar-refractivity contribution in [2.75, 3.05) is 13.1 Å². The third kappa shape index (κ3) is 11.2. The van der Waals surface area contributed by atoms with Gasteiger partial charge in [-0.3, -0.25) is 24.0 Å². The first-order valence-electron chi connectivity index (χ1n) is 17.2. The van der Waals surface area contributed by atoms with Crippen molar-refractivity contribution in [2.24, 2.45) is 0 Å². The van der Waals surface area contributed by atoms with E-state index in [0.717, 1.165) is 22.6 Å². The highest BCUT2D eigenvalue weighted by molar-refractivity contribution is 6.37. The molecule has 288 valence electrons. The Morgan fingerprint density at radius 3 is 2.07 bits per heavy atom. The van der Waals surface area contributed by atoms with Gasteiger partial charge in [-0.1, -0.05) is 54.6 Å². The van der Waals surface area contributed by atoms with Crippen molar-refractivity contribution in [3.8, 4) is 0 Å². The predicted molar refractivity (Wildman–Crippen MR) is 187 cm³/mol. The van der Waals surface area contributed by atoms with E-state index in [1.54, 1.807) is 63.2 Å². The molecule has 11 nitrogen and oxygen atoms in total. The van der Waals surface area contributed by atoms with Crippen molar-refractivity contribution in [1.82, 2.24) is 15.5 Å². The molecule has 0 aliphatic carbocycles. The predicted octanol–water partition coefficient (Wildman–Crippen LogP) is 4.54. The first-order valence-corrected chi connectivity index (χ1v) is 17.2. The lowest BCUT2D eigenvalue weighted by Gasteiger charge is -2.26. The van der Waals surface area contributed by atoms with Gasteiger partial charge in [0.25, 0.3) is 5.91 Å². The largest absolute Gasteiger partial charge is 0.481 e. The van der Waals surface area contributed by atoms with Crippen molar-refractivity contribution in [3.05, 3.63) is 106 Å². The molecule has 0 radical (unpaired) electrons. The number of Topliss-reactive ketones (excluding diaryl/α,β-unsaturated/α-hetero) is 1. The number of ketones is 1. The standard InChI is InChI=1S/C39H41F4N3O8/c1-39(2,3)54-38(53)25-15-28(40)27(29(41)16-25)13-14-44-35(50)30(20-33(42)43)45-36(51)31-17-26(22-9-5-4-6-10-22)21-46(31)37(52)32(47)18-23-11-7-8-12-24(23)19-34(48)49/h4-12,15-16,26,30-31,33H,13-14,17-21H2,1-3H3,(H,44,50)(H,45,51)(H,48,49)/t26-,30+,31?/m1/s1. The smallest absolute Gasteiger partial charge is 0.338 e. The number of carbonyl (C=O) groups excluding carboxylic acids is 5. The number of benzene rings is 3. The second-order valence-electron chi connectivity index (χ2n) is 13.9. The van der Waals surface area contributed by atoms with Crippen molar-refractivity contribution in [2.45, 2.75) is 82.9 Å². The van der Waals surface area contributed by atoms with Gasteiger partial charge in [0.05, 0.1) is 12.0 Å². The maximum atomic E-state index is 14.8. The van der Waals surface area contributed by atoms with Crippen LogP contribution in [-0.2, 0) is 48.0 Å². The molecule has 1 fully saturated rings. The van der Waals surface area contributed by atoms with Gasteiger partial charge in [0, 0.05) is 37.4 Å². The lowest BCUT2D eigenvalue weighted by atomic mass is 9.96. The van der Waals surface area contributed by atoms with Gasteiger partial charge in [-0.05, 0) is 62.4 Å². The molecule has 3 amide bonds. The van der Waals surface area contributed by atoms with E-state index in [4.69, 9.17) is 4.74 Å². The Bertz CT molecular complexity index is 1860. The number of carboxylic acid groups (broad SMARTS) is 1. The summed E-state index contributed by atoms with van der Waals surface area (Å²) in [5.41, 5.74) is -0.393. The van der Waals surface area contributed by atoms with Gasteiger partial charge in [0.15, 0.2) is 0 Å². The normalized spacial score (nSPS) is 16.1. The Kier molecular flexibility index (Phi) is 13.7. The third-order valence-electron chi connectivity index (χ3n) is 8.68. The summed E-state index contributed by atoms with van der Waals surface area (Å²) < 4.78 is 62.1. The summed E-state index contributed by atoms with van der Waals surface area (Å²) in [5, 5.41) is 13.8.